The highest BCUT2D eigenvalue weighted by Gasteiger charge is 2.15. The Labute approximate surface area is 136 Å². The van der Waals surface area contributed by atoms with E-state index in [9.17, 15) is 13.2 Å². The Balaban J connectivity index is 2.19. The van der Waals surface area contributed by atoms with Crippen molar-refractivity contribution in [2.75, 3.05) is 18.2 Å². The maximum atomic E-state index is 12.3. The Morgan fingerprint density at radius 2 is 1.74 bits per heavy atom. The molecule has 1 amide bonds. The minimum absolute atomic E-state index is 0.0241. The molecule has 0 saturated carbocycles. The van der Waals surface area contributed by atoms with E-state index in [1.54, 1.807) is 36.4 Å². The summed E-state index contributed by atoms with van der Waals surface area (Å²) >= 11 is 0. The van der Waals surface area contributed by atoms with E-state index >= 15 is 0 Å². The van der Waals surface area contributed by atoms with Crippen LogP contribution in [0, 0.1) is 0 Å². The van der Waals surface area contributed by atoms with E-state index in [0.717, 1.165) is 6.26 Å². The summed E-state index contributed by atoms with van der Waals surface area (Å²) in [7, 11) is -3.37. The van der Waals surface area contributed by atoms with Crippen molar-refractivity contribution in [3.63, 3.8) is 0 Å². The van der Waals surface area contributed by atoms with Crippen molar-refractivity contribution in [3.05, 3.63) is 54.1 Å². The first kappa shape index (κ1) is 17.0. The molecule has 0 heterocycles. The number of benzene rings is 2. The average Bonchev–Trinajstić information content (AvgIpc) is 2.49. The van der Waals surface area contributed by atoms with Gasteiger partial charge >= 0.3 is 0 Å². The second-order valence-corrected chi connectivity index (χ2v) is 7.02. The molecule has 0 spiro atoms. The number of ether oxygens (including phenoxy) is 1. The second-order valence-electron chi connectivity index (χ2n) is 5.03. The van der Waals surface area contributed by atoms with Crippen molar-refractivity contribution in [3.8, 4) is 5.75 Å². The van der Waals surface area contributed by atoms with E-state index in [4.69, 9.17) is 4.74 Å². The van der Waals surface area contributed by atoms with Crippen LogP contribution in [0.2, 0.25) is 0 Å². The molecular weight excluding hydrogens is 314 g/mol. The van der Waals surface area contributed by atoms with E-state index in [0.29, 0.717) is 23.6 Å². The van der Waals surface area contributed by atoms with Crippen LogP contribution in [0.5, 0.6) is 5.75 Å². The van der Waals surface area contributed by atoms with Gasteiger partial charge in [-0.25, -0.2) is 8.42 Å². The lowest BCUT2D eigenvalue weighted by atomic mass is 10.1. The summed E-state index contributed by atoms with van der Waals surface area (Å²) in [5.74, 6) is 0.285. The number of nitrogens with one attached hydrogen (secondary N) is 1. The number of hydrogen-bond donors (Lipinski definition) is 1. The van der Waals surface area contributed by atoms with Gasteiger partial charge in [-0.05, 0) is 30.7 Å². The molecule has 0 aliphatic rings. The lowest BCUT2D eigenvalue weighted by Gasteiger charge is -2.12. The first-order valence-corrected chi connectivity index (χ1v) is 9.10. The van der Waals surface area contributed by atoms with Gasteiger partial charge in [-0.1, -0.05) is 30.3 Å². The molecular formula is C17H19NO4S. The van der Waals surface area contributed by atoms with Crippen LogP contribution in [0.15, 0.2) is 53.4 Å². The van der Waals surface area contributed by atoms with Crippen molar-refractivity contribution >= 4 is 21.4 Å². The van der Waals surface area contributed by atoms with Gasteiger partial charge in [-0.2, -0.15) is 0 Å². The smallest absolute Gasteiger partial charge is 0.228 e. The van der Waals surface area contributed by atoms with Gasteiger partial charge < -0.3 is 10.1 Å². The number of hydrogen-bond acceptors (Lipinski definition) is 4. The first-order chi connectivity index (χ1) is 10.9. The van der Waals surface area contributed by atoms with E-state index in [2.05, 4.69) is 5.32 Å². The minimum Gasteiger partial charge on any atom is -0.492 e. The Hall–Kier alpha value is -2.34. The molecule has 0 atom stereocenters. The lowest BCUT2D eigenvalue weighted by molar-refractivity contribution is -0.115. The van der Waals surface area contributed by atoms with Crippen LogP contribution in [0.25, 0.3) is 0 Å². The molecule has 23 heavy (non-hydrogen) atoms. The fourth-order valence-corrected chi connectivity index (χ4v) is 3.17. The molecule has 0 aliphatic heterocycles. The zero-order valence-electron chi connectivity index (χ0n) is 13.1. The highest BCUT2D eigenvalue weighted by Crippen LogP contribution is 2.24. The third kappa shape index (κ3) is 4.56. The summed E-state index contributed by atoms with van der Waals surface area (Å²) < 4.78 is 29.0. The zero-order valence-corrected chi connectivity index (χ0v) is 13.9. The zero-order chi connectivity index (χ0) is 16.9. The van der Waals surface area contributed by atoms with Gasteiger partial charge in [0.2, 0.25) is 5.91 Å². The fraction of sp³-hybridized carbons (Fsp3) is 0.235. The molecule has 2 rings (SSSR count). The van der Waals surface area contributed by atoms with Gasteiger partial charge in [0.1, 0.15) is 5.75 Å². The summed E-state index contributed by atoms with van der Waals surface area (Å²) in [5.41, 5.74) is 1.04. The predicted molar refractivity (Wildman–Crippen MR) is 89.5 cm³/mol. The highest BCUT2D eigenvalue weighted by molar-refractivity contribution is 7.90. The van der Waals surface area contributed by atoms with Crippen LogP contribution >= 0.6 is 0 Å². The van der Waals surface area contributed by atoms with Crippen molar-refractivity contribution in [1.29, 1.82) is 0 Å². The highest BCUT2D eigenvalue weighted by atomic mass is 32.2. The van der Waals surface area contributed by atoms with Gasteiger partial charge in [0, 0.05) is 6.26 Å². The van der Waals surface area contributed by atoms with E-state index in [1.165, 1.54) is 6.07 Å². The fourth-order valence-electron chi connectivity index (χ4n) is 2.23. The third-order valence-corrected chi connectivity index (χ3v) is 4.38. The first-order valence-electron chi connectivity index (χ1n) is 7.21. The second kappa shape index (κ2) is 7.28. The van der Waals surface area contributed by atoms with E-state index in [-0.39, 0.29) is 17.2 Å². The molecule has 0 saturated heterocycles. The van der Waals surface area contributed by atoms with Gasteiger partial charge in [0.15, 0.2) is 9.84 Å². The Kier molecular flexibility index (Phi) is 5.39. The summed E-state index contributed by atoms with van der Waals surface area (Å²) in [6.45, 7) is 2.35. The lowest BCUT2D eigenvalue weighted by Crippen LogP contribution is -2.17. The van der Waals surface area contributed by atoms with Crippen LogP contribution < -0.4 is 10.1 Å². The average molecular weight is 333 g/mol. The van der Waals surface area contributed by atoms with E-state index < -0.39 is 9.84 Å². The molecule has 0 aliphatic carbocycles. The van der Waals surface area contributed by atoms with Crippen molar-refractivity contribution in [2.24, 2.45) is 0 Å². The molecule has 6 heteroatoms. The van der Waals surface area contributed by atoms with Crippen LogP contribution in [0.1, 0.15) is 12.5 Å². The number of carbonyl (C=O) groups is 1. The van der Waals surface area contributed by atoms with Crippen LogP contribution in [-0.2, 0) is 21.1 Å². The molecule has 2 aromatic carbocycles. The molecule has 0 radical (unpaired) electrons. The molecule has 1 N–H and O–H groups in total. The Bertz CT molecular complexity index is 800. The number of carbonyl (C=O) groups excluding carboxylic acids is 1. The van der Waals surface area contributed by atoms with Gasteiger partial charge in [-0.15, -0.1) is 0 Å². The number of sulfone groups is 1. The van der Waals surface area contributed by atoms with Gasteiger partial charge in [-0.3, -0.25) is 4.79 Å². The Morgan fingerprint density at radius 3 is 2.43 bits per heavy atom. The minimum atomic E-state index is -3.37. The normalized spacial score (nSPS) is 11.0. The molecule has 122 valence electrons. The van der Waals surface area contributed by atoms with Gasteiger partial charge in [0.25, 0.3) is 0 Å². The number of anilines is 1. The largest absolute Gasteiger partial charge is 0.492 e. The number of rotatable bonds is 6. The number of para-hydroxylation sites is 2. The van der Waals surface area contributed by atoms with Crippen molar-refractivity contribution in [1.82, 2.24) is 0 Å². The van der Waals surface area contributed by atoms with E-state index in [1.807, 2.05) is 13.0 Å². The molecule has 0 unspecified atom stereocenters. The topological polar surface area (TPSA) is 72.5 Å². The SMILES string of the molecule is CCOc1ccccc1NC(=O)Cc1ccccc1S(C)(=O)=O. The molecule has 5 nitrogen and oxygen atoms in total. The Morgan fingerprint density at radius 1 is 1.09 bits per heavy atom. The summed E-state index contributed by atoms with van der Waals surface area (Å²) in [6.07, 6.45) is 1.11. The summed E-state index contributed by atoms with van der Waals surface area (Å²) in [4.78, 5) is 12.4. The van der Waals surface area contributed by atoms with Crippen molar-refractivity contribution < 1.29 is 17.9 Å². The third-order valence-electron chi connectivity index (χ3n) is 3.18. The molecule has 0 bridgehead atoms. The van der Waals surface area contributed by atoms with Crippen LogP contribution in [-0.4, -0.2) is 27.2 Å². The van der Waals surface area contributed by atoms with Crippen LogP contribution in [0.4, 0.5) is 5.69 Å². The number of amides is 1. The quantitative estimate of drug-likeness (QED) is 0.882. The van der Waals surface area contributed by atoms with Crippen LogP contribution in [0.3, 0.4) is 0 Å². The predicted octanol–water partition coefficient (Wildman–Crippen LogP) is 2.67. The summed E-state index contributed by atoms with van der Waals surface area (Å²) in [5, 5.41) is 2.76. The molecule has 0 aromatic heterocycles. The van der Waals surface area contributed by atoms with Crippen molar-refractivity contribution in [2.45, 2.75) is 18.2 Å². The monoisotopic (exact) mass is 333 g/mol. The summed E-state index contributed by atoms with van der Waals surface area (Å²) in [6, 6.07) is 13.6. The van der Waals surface area contributed by atoms with Gasteiger partial charge in [0.05, 0.1) is 23.6 Å². The molecule has 2 aromatic rings. The molecule has 0 fully saturated rings. The standard InChI is InChI=1S/C17H19NO4S/c1-3-22-15-10-6-5-9-14(15)18-17(19)12-13-8-4-7-11-16(13)23(2,20)21/h4-11H,3,12H2,1-2H3,(H,18,19). The maximum absolute atomic E-state index is 12.3. The maximum Gasteiger partial charge on any atom is 0.228 e.